The molecule has 0 aliphatic rings. The quantitative estimate of drug-likeness (QED) is 0.901. The van der Waals surface area contributed by atoms with Crippen LogP contribution >= 0.6 is 11.6 Å². The van der Waals surface area contributed by atoms with Crippen LogP contribution in [0.15, 0.2) is 42.5 Å². The Morgan fingerprint density at radius 3 is 2.71 bits per heavy atom. The largest absolute Gasteiger partial charge is 0.508 e. The highest BCUT2D eigenvalue weighted by Gasteiger charge is 2.02. The Kier molecular flexibility index (Phi) is 3.49. The highest BCUT2D eigenvalue weighted by molar-refractivity contribution is 6.30. The second-order valence-corrected chi connectivity index (χ2v) is 3.94. The molecular formula is C13H10ClFO2. The topological polar surface area (TPSA) is 29.5 Å². The molecule has 0 aliphatic heterocycles. The van der Waals surface area contributed by atoms with Crippen molar-refractivity contribution in [3.05, 3.63) is 58.9 Å². The summed E-state index contributed by atoms with van der Waals surface area (Å²) in [6.45, 7) is 0.220. The maximum absolute atomic E-state index is 13.1. The van der Waals surface area contributed by atoms with Crippen LogP contribution in [0.3, 0.4) is 0 Å². The second kappa shape index (κ2) is 5.06. The third kappa shape index (κ3) is 3.11. The van der Waals surface area contributed by atoms with Gasteiger partial charge in [0.05, 0.1) is 5.02 Å². The first kappa shape index (κ1) is 11.7. The molecule has 1 N–H and O–H groups in total. The standard InChI is InChI=1S/C13H10ClFO2/c14-12-5-4-9(6-13(12)15)8-17-11-3-1-2-10(16)7-11/h1-7,16H,8H2. The first-order chi connectivity index (χ1) is 8.15. The van der Waals surface area contributed by atoms with Crippen molar-refractivity contribution in [1.82, 2.24) is 0 Å². The first-order valence-corrected chi connectivity index (χ1v) is 5.39. The molecule has 17 heavy (non-hydrogen) atoms. The van der Waals surface area contributed by atoms with Crippen molar-refractivity contribution in [3.63, 3.8) is 0 Å². The SMILES string of the molecule is Oc1cccc(OCc2ccc(Cl)c(F)c2)c1. The predicted molar refractivity (Wildman–Crippen MR) is 63.8 cm³/mol. The van der Waals surface area contributed by atoms with Crippen LogP contribution in [0.25, 0.3) is 0 Å². The predicted octanol–water partition coefficient (Wildman–Crippen LogP) is 3.76. The van der Waals surface area contributed by atoms with E-state index < -0.39 is 5.82 Å². The third-order valence-corrected chi connectivity index (χ3v) is 2.51. The molecule has 2 aromatic carbocycles. The van der Waals surface area contributed by atoms with E-state index >= 15 is 0 Å². The number of hydrogen-bond donors (Lipinski definition) is 1. The molecule has 2 nitrogen and oxygen atoms in total. The molecule has 0 spiro atoms. The zero-order chi connectivity index (χ0) is 12.3. The lowest BCUT2D eigenvalue weighted by Crippen LogP contribution is -1.96. The molecule has 2 rings (SSSR count). The summed E-state index contributed by atoms with van der Waals surface area (Å²) >= 11 is 5.57. The summed E-state index contributed by atoms with van der Waals surface area (Å²) in [5.41, 5.74) is 0.676. The fourth-order valence-corrected chi connectivity index (χ4v) is 1.49. The summed E-state index contributed by atoms with van der Waals surface area (Å²) in [6, 6.07) is 10.9. The van der Waals surface area contributed by atoms with Crippen LogP contribution in [0.5, 0.6) is 11.5 Å². The maximum Gasteiger partial charge on any atom is 0.142 e. The lowest BCUT2D eigenvalue weighted by Gasteiger charge is -2.07. The minimum absolute atomic E-state index is 0.0890. The van der Waals surface area contributed by atoms with Crippen LogP contribution in [0.4, 0.5) is 4.39 Å². The highest BCUT2D eigenvalue weighted by Crippen LogP contribution is 2.20. The number of ether oxygens (including phenoxy) is 1. The van der Waals surface area contributed by atoms with Gasteiger partial charge in [-0.15, -0.1) is 0 Å². The molecule has 88 valence electrons. The zero-order valence-electron chi connectivity index (χ0n) is 8.86. The number of halogens is 2. The van der Waals surface area contributed by atoms with Crippen molar-refractivity contribution in [1.29, 1.82) is 0 Å². The van der Waals surface area contributed by atoms with Crippen LogP contribution < -0.4 is 4.74 Å². The van der Waals surface area contributed by atoms with Crippen molar-refractivity contribution in [2.24, 2.45) is 0 Å². The van der Waals surface area contributed by atoms with Gasteiger partial charge < -0.3 is 9.84 Å². The molecule has 0 unspecified atom stereocenters. The molecular weight excluding hydrogens is 243 g/mol. The second-order valence-electron chi connectivity index (χ2n) is 3.53. The summed E-state index contributed by atoms with van der Waals surface area (Å²) < 4.78 is 18.5. The van der Waals surface area contributed by atoms with Crippen LogP contribution in [0, 0.1) is 5.82 Å². The van der Waals surface area contributed by atoms with Gasteiger partial charge in [0, 0.05) is 6.07 Å². The van der Waals surface area contributed by atoms with Crippen molar-refractivity contribution < 1.29 is 14.2 Å². The van der Waals surface area contributed by atoms with Gasteiger partial charge in [-0.1, -0.05) is 23.7 Å². The number of phenolic OH excluding ortho intramolecular Hbond substituents is 1. The molecule has 0 heterocycles. The molecule has 0 aromatic heterocycles. The zero-order valence-corrected chi connectivity index (χ0v) is 9.62. The van der Waals surface area contributed by atoms with Crippen LogP contribution in [-0.4, -0.2) is 5.11 Å². The van der Waals surface area contributed by atoms with Gasteiger partial charge in [0.15, 0.2) is 0 Å². The van der Waals surface area contributed by atoms with Gasteiger partial charge in [0.2, 0.25) is 0 Å². The molecule has 2 aromatic rings. The van der Waals surface area contributed by atoms with Crippen molar-refractivity contribution >= 4 is 11.6 Å². The summed E-state index contributed by atoms with van der Waals surface area (Å²) in [4.78, 5) is 0. The average Bonchev–Trinajstić information content (AvgIpc) is 2.31. The smallest absolute Gasteiger partial charge is 0.142 e. The van der Waals surface area contributed by atoms with Crippen molar-refractivity contribution in [2.75, 3.05) is 0 Å². The molecule has 0 saturated carbocycles. The molecule has 0 saturated heterocycles. The minimum atomic E-state index is -0.469. The van der Waals surface area contributed by atoms with E-state index in [1.54, 1.807) is 24.3 Å². The van der Waals surface area contributed by atoms with Crippen LogP contribution in [0.2, 0.25) is 5.02 Å². The van der Waals surface area contributed by atoms with Crippen LogP contribution in [-0.2, 0) is 6.61 Å². The van der Waals surface area contributed by atoms with E-state index in [2.05, 4.69) is 0 Å². The van der Waals surface area contributed by atoms with Gasteiger partial charge in [0.25, 0.3) is 0 Å². The molecule has 0 bridgehead atoms. The van der Waals surface area contributed by atoms with E-state index in [9.17, 15) is 9.50 Å². The Morgan fingerprint density at radius 1 is 1.18 bits per heavy atom. The fraction of sp³-hybridized carbons (Fsp3) is 0.0769. The minimum Gasteiger partial charge on any atom is -0.508 e. The van der Waals surface area contributed by atoms with Gasteiger partial charge in [-0.2, -0.15) is 0 Å². The first-order valence-electron chi connectivity index (χ1n) is 5.01. The normalized spacial score (nSPS) is 10.2. The van der Waals surface area contributed by atoms with Crippen molar-refractivity contribution in [3.8, 4) is 11.5 Å². The Morgan fingerprint density at radius 2 is 2.00 bits per heavy atom. The van der Waals surface area contributed by atoms with Gasteiger partial charge in [-0.3, -0.25) is 0 Å². The highest BCUT2D eigenvalue weighted by atomic mass is 35.5. The van der Waals surface area contributed by atoms with E-state index in [1.165, 1.54) is 18.2 Å². The van der Waals surface area contributed by atoms with E-state index in [0.717, 1.165) is 0 Å². The van der Waals surface area contributed by atoms with Gasteiger partial charge in [-0.25, -0.2) is 4.39 Å². The summed E-state index contributed by atoms with van der Waals surface area (Å²) in [5.74, 6) is 0.189. The molecule has 0 atom stereocenters. The van der Waals surface area contributed by atoms with Gasteiger partial charge in [0.1, 0.15) is 23.9 Å². The number of phenols is 1. The molecule has 0 fully saturated rings. The summed E-state index contributed by atoms with van der Waals surface area (Å²) in [6.07, 6.45) is 0. The Bertz CT molecular complexity index is 529. The third-order valence-electron chi connectivity index (χ3n) is 2.21. The summed E-state index contributed by atoms with van der Waals surface area (Å²) in [5, 5.41) is 9.32. The Balaban J connectivity index is 2.05. The van der Waals surface area contributed by atoms with E-state index in [4.69, 9.17) is 16.3 Å². The molecule has 0 amide bonds. The lowest BCUT2D eigenvalue weighted by molar-refractivity contribution is 0.304. The fourth-order valence-electron chi connectivity index (χ4n) is 1.37. The monoisotopic (exact) mass is 252 g/mol. The number of aromatic hydroxyl groups is 1. The Labute approximate surface area is 103 Å². The number of benzene rings is 2. The molecule has 4 heteroatoms. The molecule has 0 aliphatic carbocycles. The Hall–Kier alpha value is -1.74. The summed E-state index contributed by atoms with van der Waals surface area (Å²) in [7, 11) is 0. The van der Waals surface area contributed by atoms with E-state index in [-0.39, 0.29) is 17.4 Å². The van der Waals surface area contributed by atoms with E-state index in [1.807, 2.05) is 0 Å². The van der Waals surface area contributed by atoms with Gasteiger partial charge >= 0.3 is 0 Å². The van der Waals surface area contributed by atoms with Crippen molar-refractivity contribution in [2.45, 2.75) is 6.61 Å². The van der Waals surface area contributed by atoms with Gasteiger partial charge in [-0.05, 0) is 29.8 Å². The van der Waals surface area contributed by atoms with Crippen LogP contribution in [0.1, 0.15) is 5.56 Å². The lowest BCUT2D eigenvalue weighted by atomic mass is 10.2. The number of hydrogen-bond acceptors (Lipinski definition) is 2. The average molecular weight is 253 g/mol. The number of rotatable bonds is 3. The van der Waals surface area contributed by atoms with E-state index in [0.29, 0.717) is 11.3 Å². The maximum atomic E-state index is 13.1. The molecule has 0 radical (unpaired) electrons.